The van der Waals surface area contributed by atoms with Crippen LogP contribution in [0.25, 0.3) is 0 Å². The molecular formula is C22H21N3O5. The minimum Gasteiger partial charge on any atom is -0.459 e. The first-order chi connectivity index (χ1) is 14.5. The summed E-state index contributed by atoms with van der Waals surface area (Å²) in [5.41, 5.74) is 1.33. The van der Waals surface area contributed by atoms with E-state index < -0.39 is 5.97 Å². The smallest absolute Gasteiger partial charge is 0.343 e. The molecule has 0 unspecified atom stereocenters. The van der Waals surface area contributed by atoms with Gasteiger partial charge in [-0.05, 0) is 55.0 Å². The summed E-state index contributed by atoms with van der Waals surface area (Å²) in [6.45, 7) is 2.53. The molecule has 0 aliphatic rings. The molecule has 3 amide bonds. The molecule has 0 aliphatic carbocycles. The Balaban J connectivity index is 1.58. The lowest BCUT2D eigenvalue weighted by Crippen LogP contribution is -2.29. The quantitative estimate of drug-likeness (QED) is 0.400. The highest BCUT2D eigenvalue weighted by atomic mass is 16.5. The van der Waals surface area contributed by atoms with Gasteiger partial charge in [0.05, 0.1) is 11.8 Å². The van der Waals surface area contributed by atoms with Crippen molar-refractivity contribution in [2.24, 2.45) is 0 Å². The van der Waals surface area contributed by atoms with Crippen LogP contribution in [0.2, 0.25) is 0 Å². The summed E-state index contributed by atoms with van der Waals surface area (Å²) in [5.74, 6) is -0.465. The van der Waals surface area contributed by atoms with Crippen LogP contribution in [0.5, 0.6) is 5.75 Å². The van der Waals surface area contributed by atoms with Crippen LogP contribution < -0.4 is 20.7 Å². The molecule has 0 spiro atoms. The number of amides is 3. The highest BCUT2D eigenvalue weighted by Crippen LogP contribution is 2.19. The summed E-state index contributed by atoms with van der Waals surface area (Å²) in [7, 11) is 0. The zero-order valence-electron chi connectivity index (χ0n) is 16.3. The molecule has 154 valence electrons. The summed E-state index contributed by atoms with van der Waals surface area (Å²) >= 11 is 0. The van der Waals surface area contributed by atoms with Crippen LogP contribution in [0.1, 0.15) is 34.3 Å². The van der Waals surface area contributed by atoms with Crippen molar-refractivity contribution in [3.8, 4) is 5.75 Å². The summed E-state index contributed by atoms with van der Waals surface area (Å²) in [5, 5.41) is 8.05. The van der Waals surface area contributed by atoms with Gasteiger partial charge in [0.2, 0.25) is 0 Å². The van der Waals surface area contributed by atoms with Gasteiger partial charge in [-0.25, -0.2) is 9.59 Å². The highest BCUT2D eigenvalue weighted by molar-refractivity contribution is 6.02. The average Bonchev–Trinajstić information content (AvgIpc) is 3.28. The molecule has 0 saturated carbocycles. The third-order valence-electron chi connectivity index (χ3n) is 3.96. The van der Waals surface area contributed by atoms with E-state index in [9.17, 15) is 14.4 Å². The van der Waals surface area contributed by atoms with Gasteiger partial charge in [0, 0.05) is 24.0 Å². The van der Waals surface area contributed by atoms with Crippen LogP contribution in [-0.4, -0.2) is 24.5 Å². The standard InChI is InChI=1S/C22H21N3O5/c1-2-12-23-22(28)25-17-5-3-6-18(14-17)30-21(27)15-8-10-16(11-9-15)24-20(26)19-7-4-13-29-19/h3-11,13-14H,2,12H2,1H3,(H,24,26)(H2,23,25,28). The van der Waals surface area contributed by atoms with Crippen molar-refractivity contribution in [3.63, 3.8) is 0 Å². The van der Waals surface area contributed by atoms with Crippen molar-refractivity contribution in [1.29, 1.82) is 0 Å². The highest BCUT2D eigenvalue weighted by Gasteiger charge is 2.12. The second kappa shape index (κ2) is 9.92. The lowest BCUT2D eigenvalue weighted by Gasteiger charge is -2.09. The van der Waals surface area contributed by atoms with Gasteiger partial charge in [-0.2, -0.15) is 0 Å². The number of ether oxygens (including phenoxy) is 1. The number of rotatable bonds is 7. The molecule has 2 aromatic carbocycles. The van der Waals surface area contributed by atoms with Crippen molar-refractivity contribution in [2.75, 3.05) is 17.2 Å². The molecule has 0 bridgehead atoms. The van der Waals surface area contributed by atoms with Crippen molar-refractivity contribution in [2.45, 2.75) is 13.3 Å². The van der Waals surface area contributed by atoms with E-state index in [1.807, 2.05) is 6.92 Å². The first-order valence-corrected chi connectivity index (χ1v) is 9.37. The van der Waals surface area contributed by atoms with Gasteiger partial charge in [0.1, 0.15) is 5.75 Å². The van der Waals surface area contributed by atoms with E-state index in [1.54, 1.807) is 60.7 Å². The molecule has 0 radical (unpaired) electrons. The SMILES string of the molecule is CCCNC(=O)Nc1cccc(OC(=O)c2ccc(NC(=O)c3ccco3)cc2)c1. The van der Waals surface area contributed by atoms with Crippen molar-refractivity contribution >= 4 is 29.3 Å². The van der Waals surface area contributed by atoms with Gasteiger partial charge in [0.15, 0.2) is 5.76 Å². The number of benzene rings is 2. The maximum Gasteiger partial charge on any atom is 0.343 e. The Labute approximate surface area is 173 Å². The molecule has 0 atom stereocenters. The molecule has 3 rings (SSSR count). The second-order valence-corrected chi connectivity index (χ2v) is 6.31. The maximum atomic E-state index is 12.4. The molecule has 1 aromatic heterocycles. The molecule has 0 saturated heterocycles. The molecule has 8 nitrogen and oxygen atoms in total. The largest absolute Gasteiger partial charge is 0.459 e. The second-order valence-electron chi connectivity index (χ2n) is 6.31. The van der Waals surface area contributed by atoms with Gasteiger partial charge in [-0.15, -0.1) is 0 Å². The molecule has 8 heteroatoms. The van der Waals surface area contributed by atoms with Gasteiger partial charge in [-0.1, -0.05) is 13.0 Å². The van der Waals surface area contributed by atoms with Crippen LogP contribution in [0.4, 0.5) is 16.2 Å². The monoisotopic (exact) mass is 407 g/mol. The fourth-order valence-electron chi connectivity index (χ4n) is 2.51. The maximum absolute atomic E-state index is 12.4. The summed E-state index contributed by atoms with van der Waals surface area (Å²) in [6, 6.07) is 15.7. The van der Waals surface area contributed by atoms with E-state index in [4.69, 9.17) is 9.15 Å². The normalized spacial score (nSPS) is 10.2. The molecule has 0 fully saturated rings. The molecular weight excluding hydrogens is 386 g/mol. The number of carbonyl (C=O) groups is 3. The number of carbonyl (C=O) groups excluding carboxylic acids is 3. The Morgan fingerprint density at radius 3 is 2.43 bits per heavy atom. The van der Waals surface area contributed by atoms with Crippen LogP contribution in [0.15, 0.2) is 71.3 Å². The Morgan fingerprint density at radius 1 is 0.933 bits per heavy atom. The van der Waals surface area contributed by atoms with E-state index in [0.717, 1.165) is 6.42 Å². The molecule has 3 aromatic rings. The number of hydrogen-bond donors (Lipinski definition) is 3. The first-order valence-electron chi connectivity index (χ1n) is 9.37. The fraction of sp³-hybridized carbons (Fsp3) is 0.136. The molecule has 30 heavy (non-hydrogen) atoms. The Bertz CT molecular complexity index is 1010. The van der Waals surface area contributed by atoms with Crippen molar-refractivity contribution in [3.05, 3.63) is 78.3 Å². The van der Waals surface area contributed by atoms with Crippen LogP contribution >= 0.6 is 0 Å². The number of urea groups is 1. The van der Waals surface area contributed by atoms with E-state index in [0.29, 0.717) is 29.2 Å². The van der Waals surface area contributed by atoms with Crippen LogP contribution in [0, 0.1) is 0 Å². The Kier molecular flexibility index (Phi) is 6.83. The van der Waals surface area contributed by atoms with Gasteiger partial charge in [-0.3, -0.25) is 4.79 Å². The predicted octanol–water partition coefficient (Wildman–Crippen LogP) is 4.28. The Morgan fingerprint density at radius 2 is 1.73 bits per heavy atom. The van der Waals surface area contributed by atoms with E-state index >= 15 is 0 Å². The van der Waals surface area contributed by atoms with Crippen LogP contribution in [-0.2, 0) is 0 Å². The minimum absolute atomic E-state index is 0.190. The fourth-order valence-corrected chi connectivity index (χ4v) is 2.51. The van der Waals surface area contributed by atoms with E-state index in [2.05, 4.69) is 16.0 Å². The van der Waals surface area contributed by atoms with Gasteiger partial charge in [0.25, 0.3) is 5.91 Å². The topological polar surface area (TPSA) is 110 Å². The number of furan rings is 1. The number of hydrogen-bond acceptors (Lipinski definition) is 5. The lowest BCUT2D eigenvalue weighted by molar-refractivity contribution is 0.0734. The summed E-state index contributed by atoms with van der Waals surface area (Å²) in [4.78, 5) is 36.1. The number of esters is 1. The summed E-state index contributed by atoms with van der Waals surface area (Å²) in [6.07, 6.45) is 2.24. The minimum atomic E-state index is -0.563. The van der Waals surface area contributed by atoms with Gasteiger partial charge < -0.3 is 25.1 Å². The molecule has 1 heterocycles. The van der Waals surface area contributed by atoms with Crippen molar-refractivity contribution < 1.29 is 23.5 Å². The number of anilines is 2. The number of nitrogens with one attached hydrogen (secondary N) is 3. The average molecular weight is 407 g/mol. The lowest BCUT2D eigenvalue weighted by atomic mass is 10.2. The molecule has 0 aliphatic heterocycles. The van der Waals surface area contributed by atoms with Crippen molar-refractivity contribution in [1.82, 2.24) is 5.32 Å². The zero-order valence-corrected chi connectivity index (χ0v) is 16.3. The zero-order chi connectivity index (χ0) is 21.3. The first kappa shape index (κ1) is 20.7. The van der Waals surface area contributed by atoms with E-state index in [1.165, 1.54) is 6.26 Å². The summed E-state index contributed by atoms with van der Waals surface area (Å²) < 4.78 is 10.4. The van der Waals surface area contributed by atoms with Crippen LogP contribution in [0.3, 0.4) is 0 Å². The van der Waals surface area contributed by atoms with Gasteiger partial charge >= 0.3 is 12.0 Å². The van der Waals surface area contributed by atoms with E-state index in [-0.39, 0.29) is 17.7 Å². The third kappa shape index (κ3) is 5.71. The Hall–Kier alpha value is -4.07. The third-order valence-corrected chi connectivity index (χ3v) is 3.96. The predicted molar refractivity (Wildman–Crippen MR) is 112 cm³/mol. The molecule has 3 N–H and O–H groups in total.